The molecule has 262 valence electrons. The van der Waals surface area contributed by atoms with E-state index in [1.54, 1.807) is 72.8 Å². The van der Waals surface area contributed by atoms with Crippen LogP contribution in [0.4, 0.5) is 0 Å². The number of ketones is 1. The molecule has 4 atom stereocenters. The lowest BCUT2D eigenvalue weighted by atomic mass is 9.97. The van der Waals surface area contributed by atoms with E-state index in [1.807, 2.05) is 13.0 Å². The summed E-state index contributed by atoms with van der Waals surface area (Å²) in [7, 11) is -4.20. The summed E-state index contributed by atoms with van der Waals surface area (Å²) in [5.41, 5.74) is 3.34. The van der Waals surface area contributed by atoms with Crippen molar-refractivity contribution >= 4 is 50.8 Å². The molecule has 0 radical (unpaired) electrons. The van der Waals surface area contributed by atoms with Crippen LogP contribution in [0.2, 0.25) is 5.02 Å². The van der Waals surface area contributed by atoms with Gasteiger partial charge in [0.05, 0.1) is 23.2 Å². The second kappa shape index (κ2) is 14.7. The molecule has 1 unspecified atom stereocenters. The number of carbonyl (C=O) groups is 4. The van der Waals surface area contributed by atoms with Gasteiger partial charge in [0.25, 0.3) is 5.91 Å². The van der Waals surface area contributed by atoms with E-state index in [4.69, 9.17) is 16.4 Å². The molecule has 3 amide bonds. The molecular weight excluding hydrogens is 682 g/mol. The highest BCUT2D eigenvalue weighted by Gasteiger charge is 2.53. The maximum absolute atomic E-state index is 14.7. The minimum Gasteiger partial charge on any atom is -0.347 e. The first kappa shape index (κ1) is 35.3. The number of hydrogen-bond acceptors (Lipinski definition) is 8. The van der Waals surface area contributed by atoms with Crippen LogP contribution in [0, 0.1) is 0 Å². The van der Waals surface area contributed by atoms with Crippen LogP contribution in [0.1, 0.15) is 56.2 Å². The van der Waals surface area contributed by atoms with E-state index in [9.17, 15) is 27.6 Å². The molecular formula is C36H38ClN5O7S. The fraction of sp³-hybridized carbons (Fsp3) is 0.333. The van der Waals surface area contributed by atoms with E-state index in [1.165, 1.54) is 17.0 Å². The largest absolute Gasteiger partial charge is 0.347 e. The van der Waals surface area contributed by atoms with Crippen LogP contribution < -0.4 is 20.8 Å². The lowest BCUT2D eigenvalue weighted by Gasteiger charge is -2.29. The molecule has 14 heteroatoms. The standard InChI is InChI=1S/C36H38ClN5O7S/c1-2-10-28(32(43)34(45)38-26-17-18-26)39-33(44)30-21-36(20-29(40-49-36)24-13-9-14-25(37)19-24)22-42(30)35(46)31(23-11-5-3-6-12-23)41-50(47,48)27-15-7-4-8-16-27/h3-9,11-16,19-20,26,28,30-31,40-41H,2,10,17-18,21-22H2,1H3,(H,38,45)(H,39,44)/t28-,30-,31?,36+/m0/s1. The summed E-state index contributed by atoms with van der Waals surface area (Å²) in [6, 6.07) is 19.3. The van der Waals surface area contributed by atoms with Crippen molar-refractivity contribution in [1.82, 2.24) is 25.7 Å². The van der Waals surface area contributed by atoms with Gasteiger partial charge in [-0.05, 0) is 55.2 Å². The number of sulfonamides is 1. The van der Waals surface area contributed by atoms with Gasteiger partial charge < -0.3 is 15.5 Å². The fourth-order valence-corrected chi connectivity index (χ4v) is 7.57. The Morgan fingerprint density at radius 1 is 1.00 bits per heavy atom. The van der Waals surface area contributed by atoms with E-state index < -0.39 is 57.3 Å². The first-order chi connectivity index (χ1) is 24.0. The van der Waals surface area contributed by atoms with Crippen LogP contribution >= 0.6 is 11.6 Å². The number of halogens is 1. The van der Waals surface area contributed by atoms with Gasteiger partial charge in [-0.1, -0.05) is 85.6 Å². The Morgan fingerprint density at radius 3 is 2.36 bits per heavy atom. The number of hydrogen-bond donors (Lipinski definition) is 4. The minimum atomic E-state index is -4.20. The molecule has 6 rings (SSSR count). The summed E-state index contributed by atoms with van der Waals surface area (Å²) in [5.74, 6) is -2.91. The van der Waals surface area contributed by atoms with Crippen molar-refractivity contribution in [2.75, 3.05) is 6.54 Å². The average molecular weight is 720 g/mol. The van der Waals surface area contributed by atoms with Crippen molar-refractivity contribution in [2.45, 2.75) is 73.7 Å². The first-order valence-corrected chi connectivity index (χ1v) is 18.4. The summed E-state index contributed by atoms with van der Waals surface area (Å²) in [4.78, 5) is 62.0. The number of hydroxylamine groups is 1. The Bertz CT molecular complexity index is 1910. The molecule has 1 saturated heterocycles. The van der Waals surface area contributed by atoms with Crippen LogP contribution in [-0.2, 0) is 34.0 Å². The minimum absolute atomic E-state index is 0.0319. The number of rotatable bonds is 13. The molecule has 50 heavy (non-hydrogen) atoms. The van der Waals surface area contributed by atoms with Crippen LogP contribution in [0.5, 0.6) is 0 Å². The van der Waals surface area contributed by atoms with Gasteiger partial charge in [-0.3, -0.25) is 29.5 Å². The number of benzene rings is 3. The molecule has 0 bridgehead atoms. The summed E-state index contributed by atoms with van der Waals surface area (Å²) in [6.07, 6.45) is 4.03. The third-order valence-corrected chi connectivity index (χ3v) is 10.6. The smallest absolute Gasteiger partial charge is 0.289 e. The predicted molar refractivity (Wildman–Crippen MR) is 185 cm³/mol. The van der Waals surface area contributed by atoms with Crippen molar-refractivity contribution in [3.63, 3.8) is 0 Å². The van der Waals surface area contributed by atoms with E-state index in [0.717, 1.165) is 12.8 Å². The van der Waals surface area contributed by atoms with Crippen LogP contribution in [0.15, 0.2) is 95.9 Å². The molecule has 1 aliphatic carbocycles. The predicted octanol–water partition coefficient (Wildman–Crippen LogP) is 3.41. The topological polar surface area (TPSA) is 163 Å². The Labute approximate surface area is 295 Å². The van der Waals surface area contributed by atoms with Gasteiger partial charge in [0.1, 0.15) is 17.7 Å². The summed E-state index contributed by atoms with van der Waals surface area (Å²) >= 11 is 6.23. The van der Waals surface area contributed by atoms with Crippen molar-refractivity contribution in [1.29, 1.82) is 0 Å². The maximum atomic E-state index is 14.7. The molecule has 3 aliphatic rings. The number of nitrogens with one attached hydrogen (secondary N) is 4. The molecule has 3 aromatic rings. The molecule has 2 heterocycles. The zero-order valence-corrected chi connectivity index (χ0v) is 28.9. The summed E-state index contributed by atoms with van der Waals surface area (Å²) in [5, 5.41) is 5.91. The molecule has 2 aliphatic heterocycles. The SMILES string of the molecule is CCC[C@H](NC(=O)[C@@H]1C[C@]2(C=C(c3cccc(Cl)c3)NO2)CN1C(=O)C(NS(=O)(=O)c1ccccc1)c1ccccc1)C(=O)C(=O)NC1CC1. The Morgan fingerprint density at radius 2 is 1.70 bits per heavy atom. The Kier molecular flexibility index (Phi) is 10.4. The average Bonchev–Trinajstić information content (AvgIpc) is 3.71. The highest BCUT2D eigenvalue weighted by atomic mass is 35.5. The van der Waals surface area contributed by atoms with Gasteiger partial charge in [0, 0.05) is 23.0 Å². The highest BCUT2D eigenvalue weighted by Crippen LogP contribution is 2.39. The molecule has 12 nitrogen and oxygen atoms in total. The van der Waals surface area contributed by atoms with E-state index in [2.05, 4.69) is 20.8 Å². The fourth-order valence-electron chi connectivity index (χ4n) is 6.18. The third kappa shape index (κ3) is 7.91. The van der Waals surface area contributed by atoms with Crippen molar-refractivity contribution < 1.29 is 32.4 Å². The number of nitrogens with zero attached hydrogens (tertiary/aromatic N) is 1. The number of carbonyl (C=O) groups excluding carboxylic acids is 4. The monoisotopic (exact) mass is 719 g/mol. The van der Waals surface area contributed by atoms with Crippen LogP contribution in [0.25, 0.3) is 5.70 Å². The number of Topliss-reactive ketones (excluding diaryl/α,β-unsaturated/α-hetero) is 1. The van der Waals surface area contributed by atoms with Gasteiger partial charge >= 0.3 is 0 Å². The van der Waals surface area contributed by atoms with Crippen LogP contribution in [-0.4, -0.2) is 67.1 Å². The Balaban J connectivity index is 1.34. The highest BCUT2D eigenvalue weighted by molar-refractivity contribution is 7.89. The molecule has 2 fully saturated rings. The van der Waals surface area contributed by atoms with E-state index in [0.29, 0.717) is 28.3 Å². The normalized spacial score (nSPS) is 21.2. The van der Waals surface area contributed by atoms with Gasteiger partial charge in [0.2, 0.25) is 27.6 Å². The van der Waals surface area contributed by atoms with E-state index in [-0.39, 0.29) is 30.3 Å². The zero-order valence-electron chi connectivity index (χ0n) is 27.3. The van der Waals surface area contributed by atoms with Crippen molar-refractivity contribution in [3.8, 4) is 0 Å². The molecule has 0 aromatic heterocycles. The van der Waals surface area contributed by atoms with E-state index >= 15 is 0 Å². The van der Waals surface area contributed by atoms with Gasteiger partial charge in [-0.2, -0.15) is 4.72 Å². The molecule has 1 saturated carbocycles. The maximum Gasteiger partial charge on any atom is 0.289 e. The van der Waals surface area contributed by atoms with Gasteiger partial charge in [-0.25, -0.2) is 8.42 Å². The third-order valence-electron chi connectivity index (χ3n) is 8.90. The Hall–Kier alpha value is -4.56. The van der Waals surface area contributed by atoms with Crippen molar-refractivity contribution in [3.05, 3.63) is 107 Å². The second-order valence-electron chi connectivity index (χ2n) is 12.8. The molecule has 3 aromatic carbocycles. The number of likely N-dealkylation sites (tertiary alicyclic amines) is 1. The van der Waals surface area contributed by atoms with Crippen molar-refractivity contribution in [2.24, 2.45) is 0 Å². The zero-order chi connectivity index (χ0) is 35.5. The lowest BCUT2D eigenvalue weighted by molar-refractivity contribution is -0.143. The first-order valence-electron chi connectivity index (χ1n) is 16.5. The van der Waals surface area contributed by atoms with Gasteiger partial charge in [-0.15, -0.1) is 0 Å². The quantitative estimate of drug-likeness (QED) is 0.196. The summed E-state index contributed by atoms with van der Waals surface area (Å²) in [6.45, 7) is 1.70. The van der Waals surface area contributed by atoms with Crippen LogP contribution in [0.3, 0.4) is 0 Å². The summed E-state index contributed by atoms with van der Waals surface area (Å²) < 4.78 is 29.7. The second-order valence-corrected chi connectivity index (χ2v) is 14.9. The van der Waals surface area contributed by atoms with Gasteiger partial charge in [0.15, 0.2) is 0 Å². The molecule has 4 N–H and O–H groups in total. The number of amides is 3. The molecule has 1 spiro atoms. The lowest BCUT2D eigenvalue weighted by Crippen LogP contribution is -2.54.